The first kappa shape index (κ1) is 17.7. The smallest absolute Gasteiger partial charge is 0.117 e. The van der Waals surface area contributed by atoms with Crippen molar-refractivity contribution in [3.8, 4) is 0 Å². The van der Waals surface area contributed by atoms with Crippen LogP contribution in [-0.4, -0.2) is 5.57 Å². The maximum Gasteiger partial charge on any atom is 0.138 e. The van der Waals surface area contributed by atoms with E-state index in [0.717, 1.165) is 6.42 Å². The van der Waals surface area contributed by atoms with E-state index in [4.69, 9.17) is 0 Å². The van der Waals surface area contributed by atoms with E-state index in [2.05, 4.69) is 117 Å². The Kier molecular flexibility index (Phi) is 5.22. The van der Waals surface area contributed by atoms with Gasteiger partial charge in [-0.25, -0.2) is 0 Å². The van der Waals surface area contributed by atoms with Gasteiger partial charge in [0.05, 0.1) is 0 Å². The molecule has 0 N–H and O–H groups in total. The Bertz CT molecular complexity index is 600. The molecule has 1 atom stereocenters. The standard InChI is InChI=1S/C20H27ISi/c1-19(2,16-17-12-8-6-9-13-17)22(5,21)20(3,4)18-14-10-7-11-15-18/h6-15H,16H2,1-5H3. The van der Waals surface area contributed by atoms with E-state index in [0.29, 0.717) is 5.04 Å². The zero-order valence-corrected chi connectivity index (χ0v) is 17.5. The van der Waals surface area contributed by atoms with Gasteiger partial charge < -0.3 is 0 Å². The van der Waals surface area contributed by atoms with Crippen molar-refractivity contribution in [3.63, 3.8) is 0 Å². The summed E-state index contributed by atoms with van der Waals surface area (Å²) in [5.41, 5.74) is 1.31. The summed E-state index contributed by atoms with van der Waals surface area (Å²) in [5.74, 6) is 0. The highest BCUT2D eigenvalue weighted by Crippen LogP contribution is 2.54. The second-order valence-electron chi connectivity index (χ2n) is 7.54. The van der Waals surface area contributed by atoms with E-state index in [1.165, 1.54) is 11.1 Å². The molecule has 2 aromatic rings. The molecule has 2 rings (SSSR count). The molecule has 0 spiro atoms. The van der Waals surface area contributed by atoms with Crippen LogP contribution in [0, 0.1) is 0 Å². The van der Waals surface area contributed by atoms with Gasteiger partial charge in [-0.05, 0) is 27.6 Å². The number of halogens is 1. The van der Waals surface area contributed by atoms with Crippen LogP contribution in [0.5, 0.6) is 0 Å². The third kappa shape index (κ3) is 3.33. The largest absolute Gasteiger partial charge is 0.138 e. The molecule has 0 radical (unpaired) electrons. The van der Waals surface area contributed by atoms with Crippen molar-refractivity contribution in [1.29, 1.82) is 0 Å². The summed E-state index contributed by atoms with van der Waals surface area (Å²) in [6, 6.07) is 22.0. The van der Waals surface area contributed by atoms with Crippen LogP contribution in [0.15, 0.2) is 60.7 Å². The van der Waals surface area contributed by atoms with Gasteiger partial charge in [0.25, 0.3) is 0 Å². The summed E-state index contributed by atoms with van der Waals surface area (Å²) in [5, 5.41) is 0.543. The van der Waals surface area contributed by atoms with Crippen molar-refractivity contribution in [2.75, 3.05) is 0 Å². The van der Waals surface area contributed by atoms with Crippen LogP contribution in [0.4, 0.5) is 0 Å². The fourth-order valence-corrected chi connectivity index (χ4v) is 7.69. The minimum Gasteiger partial charge on any atom is -0.117 e. The lowest BCUT2D eigenvalue weighted by atomic mass is 10.0. The highest BCUT2D eigenvalue weighted by Gasteiger charge is 2.52. The molecule has 0 saturated carbocycles. The Hall–Kier alpha value is -0.613. The molecule has 0 nitrogen and oxygen atoms in total. The monoisotopic (exact) mass is 422 g/mol. The summed E-state index contributed by atoms with van der Waals surface area (Å²) >= 11 is 2.83. The lowest BCUT2D eigenvalue weighted by Crippen LogP contribution is -2.53. The molecule has 2 heteroatoms. The molecule has 22 heavy (non-hydrogen) atoms. The van der Waals surface area contributed by atoms with Crippen molar-refractivity contribution in [1.82, 2.24) is 0 Å². The topological polar surface area (TPSA) is 0 Å². The molecule has 0 heterocycles. The molecule has 2 aromatic carbocycles. The fraction of sp³-hybridized carbons (Fsp3) is 0.400. The first-order valence-corrected chi connectivity index (χ1v) is 13.6. The van der Waals surface area contributed by atoms with Crippen molar-refractivity contribution in [3.05, 3.63) is 71.8 Å². The molecule has 0 aromatic heterocycles. The van der Waals surface area contributed by atoms with Crippen molar-refractivity contribution in [2.45, 2.75) is 50.7 Å². The Morgan fingerprint density at radius 2 is 1.27 bits per heavy atom. The molecule has 0 amide bonds. The minimum absolute atomic E-state index is 0.229. The predicted octanol–water partition coefficient (Wildman–Crippen LogP) is 6.54. The minimum atomic E-state index is -1.61. The van der Waals surface area contributed by atoms with E-state index >= 15 is 0 Å². The molecule has 0 aliphatic rings. The average Bonchev–Trinajstić information content (AvgIpc) is 2.48. The van der Waals surface area contributed by atoms with Gasteiger partial charge in [-0.15, -0.1) is 21.8 Å². The Morgan fingerprint density at radius 1 is 0.818 bits per heavy atom. The molecule has 0 bridgehead atoms. The van der Waals surface area contributed by atoms with Crippen molar-refractivity contribution >= 4 is 27.4 Å². The maximum atomic E-state index is 2.83. The van der Waals surface area contributed by atoms with Gasteiger partial charge in [-0.1, -0.05) is 94.9 Å². The fourth-order valence-electron chi connectivity index (χ4n) is 3.24. The first-order chi connectivity index (χ1) is 10.2. The van der Waals surface area contributed by atoms with Gasteiger partial charge in [0.15, 0.2) is 0 Å². The van der Waals surface area contributed by atoms with Crippen LogP contribution in [0.25, 0.3) is 0 Å². The lowest BCUT2D eigenvalue weighted by molar-refractivity contribution is 0.594. The normalized spacial score (nSPS) is 15.4. The van der Waals surface area contributed by atoms with Crippen molar-refractivity contribution in [2.24, 2.45) is 0 Å². The summed E-state index contributed by atoms with van der Waals surface area (Å²) in [6.45, 7) is 12.3. The Balaban J connectivity index is 2.35. The Labute approximate surface area is 149 Å². The second-order valence-corrected chi connectivity index (χ2v) is 18.6. The molecular formula is C20H27ISi. The zero-order chi connectivity index (χ0) is 16.4. The van der Waals surface area contributed by atoms with Crippen LogP contribution in [0.2, 0.25) is 11.6 Å². The van der Waals surface area contributed by atoms with E-state index in [-0.39, 0.29) is 5.04 Å². The van der Waals surface area contributed by atoms with Crippen LogP contribution < -0.4 is 0 Å². The van der Waals surface area contributed by atoms with Crippen molar-refractivity contribution < 1.29 is 0 Å². The summed E-state index contributed by atoms with van der Waals surface area (Å²) in [6.07, 6.45) is 1.15. The predicted molar refractivity (Wildman–Crippen MR) is 109 cm³/mol. The average molecular weight is 422 g/mol. The van der Waals surface area contributed by atoms with Crippen LogP contribution >= 0.6 is 21.8 Å². The number of benzene rings is 2. The van der Waals surface area contributed by atoms with Gasteiger partial charge >= 0.3 is 0 Å². The number of hydrogen-bond donors (Lipinski definition) is 0. The van der Waals surface area contributed by atoms with Gasteiger partial charge in [-0.2, -0.15) is 0 Å². The van der Waals surface area contributed by atoms with Crippen LogP contribution in [-0.2, 0) is 11.5 Å². The van der Waals surface area contributed by atoms with Gasteiger partial charge in [0, 0.05) is 0 Å². The molecule has 0 saturated heterocycles. The van der Waals surface area contributed by atoms with Crippen LogP contribution in [0.3, 0.4) is 0 Å². The molecule has 0 fully saturated rings. The quantitative estimate of drug-likeness (QED) is 0.292. The van der Waals surface area contributed by atoms with E-state index in [9.17, 15) is 0 Å². The van der Waals surface area contributed by atoms with Gasteiger partial charge in [0.1, 0.15) is 5.57 Å². The highest BCUT2D eigenvalue weighted by atomic mass is 127. The molecule has 118 valence electrons. The Morgan fingerprint density at radius 3 is 1.77 bits per heavy atom. The third-order valence-corrected chi connectivity index (χ3v) is 19.2. The summed E-state index contributed by atoms with van der Waals surface area (Å²) in [7, 11) is 0. The molecule has 0 aliphatic heterocycles. The summed E-state index contributed by atoms with van der Waals surface area (Å²) < 4.78 is 0. The number of rotatable bonds is 5. The van der Waals surface area contributed by atoms with Gasteiger partial charge in [-0.3, -0.25) is 0 Å². The summed E-state index contributed by atoms with van der Waals surface area (Å²) in [4.78, 5) is 0. The molecule has 0 aliphatic carbocycles. The second kappa shape index (κ2) is 6.48. The van der Waals surface area contributed by atoms with E-state index in [1.807, 2.05) is 0 Å². The third-order valence-electron chi connectivity index (χ3n) is 5.43. The van der Waals surface area contributed by atoms with E-state index < -0.39 is 5.57 Å². The van der Waals surface area contributed by atoms with E-state index in [1.54, 1.807) is 0 Å². The molecule has 1 unspecified atom stereocenters. The zero-order valence-electron chi connectivity index (χ0n) is 14.4. The SMILES string of the molecule is CC(C)(Cc1ccccc1)[Si](C)(I)C(C)(C)c1ccccc1. The lowest BCUT2D eigenvalue weighted by Gasteiger charge is -2.49. The highest BCUT2D eigenvalue weighted by molar-refractivity contribution is 14.1. The molecular weight excluding hydrogens is 395 g/mol. The maximum absolute atomic E-state index is 2.83. The number of hydrogen-bond acceptors (Lipinski definition) is 0. The van der Waals surface area contributed by atoms with Crippen LogP contribution in [0.1, 0.15) is 38.8 Å². The first-order valence-electron chi connectivity index (χ1n) is 7.97. The van der Waals surface area contributed by atoms with Gasteiger partial charge in [0.2, 0.25) is 0 Å².